The number of hydrogen-bond acceptors (Lipinski definition) is 12. The molecule has 1 aromatic heterocycles. The van der Waals surface area contributed by atoms with Crippen LogP contribution in [0, 0.1) is 10.1 Å². The quantitative estimate of drug-likeness (QED) is 0.254. The molecule has 0 bridgehead atoms. The zero-order valence-corrected chi connectivity index (χ0v) is 18.2. The normalized spacial score (nSPS) is 13.6. The molecule has 176 valence electrons. The Morgan fingerprint density at radius 1 is 1.15 bits per heavy atom. The Morgan fingerprint density at radius 2 is 1.88 bits per heavy atom. The molecule has 2 aromatic carbocycles. The lowest BCUT2D eigenvalue weighted by Crippen LogP contribution is -2.37. The number of hydrogen-bond donors (Lipinski definition) is 3. The Balaban J connectivity index is 1.55. The molecule has 0 aliphatic carbocycles. The van der Waals surface area contributed by atoms with Gasteiger partial charge >= 0.3 is 0 Å². The van der Waals surface area contributed by atoms with Crippen molar-refractivity contribution in [3.63, 3.8) is 0 Å². The Bertz CT molecular complexity index is 1180. The molecule has 13 heteroatoms. The third-order valence-electron chi connectivity index (χ3n) is 4.83. The average molecular weight is 466 g/mol. The number of non-ortho nitro benzene ring substituents is 1. The SMILES string of the molecule is COc1ccc(C=NNc2nc(Nc3ccc([N+](=O)[O-])cc3)nc(N3CCOCC3)n2)cc1O. The molecule has 0 spiro atoms. The third kappa shape index (κ3) is 5.63. The highest BCUT2D eigenvalue weighted by Crippen LogP contribution is 2.25. The minimum atomic E-state index is -0.466. The Hall–Kier alpha value is -4.52. The van der Waals surface area contributed by atoms with Gasteiger partial charge in [-0.05, 0) is 35.9 Å². The van der Waals surface area contributed by atoms with Crippen LogP contribution in [0.2, 0.25) is 0 Å². The van der Waals surface area contributed by atoms with Gasteiger partial charge in [0.15, 0.2) is 11.5 Å². The van der Waals surface area contributed by atoms with Crippen LogP contribution in [0.3, 0.4) is 0 Å². The van der Waals surface area contributed by atoms with Crippen molar-refractivity contribution in [1.82, 2.24) is 15.0 Å². The number of anilines is 4. The number of nitro groups is 1. The summed E-state index contributed by atoms with van der Waals surface area (Å²) in [5, 5.41) is 28.0. The minimum absolute atomic E-state index is 0.00389. The number of methoxy groups -OCH3 is 1. The first-order chi connectivity index (χ1) is 16.5. The van der Waals surface area contributed by atoms with E-state index in [1.807, 2.05) is 4.90 Å². The van der Waals surface area contributed by atoms with Crippen molar-refractivity contribution in [3.8, 4) is 11.5 Å². The monoisotopic (exact) mass is 466 g/mol. The maximum Gasteiger partial charge on any atom is 0.269 e. The van der Waals surface area contributed by atoms with Crippen LogP contribution in [-0.4, -0.2) is 64.6 Å². The fourth-order valence-electron chi connectivity index (χ4n) is 3.12. The molecule has 0 amide bonds. The van der Waals surface area contributed by atoms with E-state index in [0.717, 1.165) is 0 Å². The first kappa shape index (κ1) is 22.7. The Kier molecular flexibility index (Phi) is 6.93. The second kappa shape index (κ2) is 10.4. The number of rotatable bonds is 8. The fourth-order valence-corrected chi connectivity index (χ4v) is 3.12. The first-order valence-electron chi connectivity index (χ1n) is 10.3. The van der Waals surface area contributed by atoms with E-state index in [9.17, 15) is 15.2 Å². The molecule has 1 aliphatic rings. The molecule has 3 aromatic rings. The van der Waals surface area contributed by atoms with Crippen LogP contribution in [0.1, 0.15) is 5.56 Å². The van der Waals surface area contributed by atoms with Gasteiger partial charge in [-0.2, -0.15) is 20.1 Å². The predicted molar refractivity (Wildman–Crippen MR) is 125 cm³/mol. The lowest BCUT2D eigenvalue weighted by atomic mass is 10.2. The standard InChI is InChI=1S/C21H22N8O5/c1-33-18-7-2-14(12-17(18)30)13-22-27-20-24-19(23-15-3-5-16(6-4-15)29(31)32)25-21(26-20)28-8-10-34-11-9-28/h2-7,12-13,30H,8-11H2,1H3,(H2,23,24,25,26,27). The van der Waals surface area contributed by atoms with E-state index in [-0.39, 0.29) is 23.3 Å². The number of phenolic OH excluding ortho intramolecular Hbond substituents is 1. The van der Waals surface area contributed by atoms with Crippen molar-refractivity contribution >= 4 is 35.4 Å². The van der Waals surface area contributed by atoms with Crippen molar-refractivity contribution in [2.45, 2.75) is 0 Å². The molecule has 1 saturated heterocycles. The smallest absolute Gasteiger partial charge is 0.269 e. The second-order valence-electron chi connectivity index (χ2n) is 7.11. The number of benzene rings is 2. The van der Waals surface area contributed by atoms with E-state index in [0.29, 0.717) is 49.3 Å². The van der Waals surface area contributed by atoms with Crippen LogP contribution in [0.4, 0.5) is 29.2 Å². The molecule has 0 atom stereocenters. The van der Waals surface area contributed by atoms with Crippen molar-refractivity contribution in [2.75, 3.05) is 49.1 Å². The number of nitrogens with zero attached hydrogens (tertiary/aromatic N) is 6. The lowest BCUT2D eigenvalue weighted by molar-refractivity contribution is -0.384. The highest BCUT2D eigenvalue weighted by Gasteiger charge is 2.17. The number of aromatic hydroxyl groups is 1. The summed E-state index contributed by atoms with van der Waals surface area (Å²) >= 11 is 0. The van der Waals surface area contributed by atoms with Gasteiger partial charge in [-0.1, -0.05) is 0 Å². The maximum absolute atomic E-state index is 10.9. The van der Waals surface area contributed by atoms with Crippen LogP contribution in [0.5, 0.6) is 11.5 Å². The minimum Gasteiger partial charge on any atom is -0.504 e. The van der Waals surface area contributed by atoms with Gasteiger partial charge in [0.25, 0.3) is 5.69 Å². The van der Waals surface area contributed by atoms with E-state index >= 15 is 0 Å². The number of nitrogens with one attached hydrogen (secondary N) is 2. The number of hydrazone groups is 1. The number of nitro benzene ring substituents is 1. The van der Waals surface area contributed by atoms with Crippen molar-refractivity contribution in [1.29, 1.82) is 0 Å². The summed E-state index contributed by atoms with van der Waals surface area (Å²) in [6.07, 6.45) is 1.50. The highest BCUT2D eigenvalue weighted by atomic mass is 16.6. The van der Waals surface area contributed by atoms with Gasteiger partial charge in [0.2, 0.25) is 17.8 Å². The highest BCUT2D eigenvalue weighted by molar-refractivity contribution is 5.81. The topological polar surface area (TPSA) is 160 Å². The van der Waals surface area contributed by atoms with E-state index in [2.05, 4.69) is 30.8 Å². The molecular weight excluding hydrogens is 444 g/mol. The van der Waals surface area contributed by atoms with Gasteiger partial charge < -0.3 is 24.8 Å². The number of phenols is 1. The Labute approximate surface area is 194 Å². The van der Waals surface area contributed by atoms with Crippen LogP contribution >= 0.6 is 0 Å². The second-order valence-corrected chi connectivity index (χ2v) is 7.11. The summed E-state index contributed by atoms with van der Waals surface area (Å²) in [5.41, 5.74) is 3.97. The lowest BCUT2D eigenvalue weighted by Gasteiger charge is -2.27. The van der Waals surface area contributed by atoms with Gasteiger partial charge in [0, 0.05) is 30.9 Å². The molecule has 0 unspecified atom stereocenters. The zero-order valence-electron chi connectivity index (χ0n) is 18.2. The fraction of sp³-hybridized carbons (Fsp3) is 0.238. The van der Waals surface area contributed by atoms with E-state index in [1.54, 1.807) is 24.3 Å². The van der Waals surface area contributed by atoms with Gasteiger partial charge in [0.05, 0.1) is 31.5 Å². The van der Waals surface area contributed by atoms with Crippen molar-refractivity contribution in [3.05, 3.63) is 58.1 Å². The molecule has 2 heterocycles. The van der Waals surface area contributed by atoms with Crippen LogP contribution in [0.15, 0.2) is 47.6 Å². The summed E-state index contributed by atoms with van der Waals surface area (Å²) < 4.78 is 10.4. The predicted octanol–water partition coefficient (Wildman–Crippen LogP) is 2.52. The number of morpholine rings is 1. The van der Waals surface area contributed by atoms with E-state index in [1.165, 1.54) is 31.5 Å². The molecular formula is C21H22N8O5. The largest absolute Gasteiger partial charge is 0.504 e. The van der Waals surface area contributed by atoms with E-state index < -0.39 is 4.92 Å². The van der Waals surface area contributed by atoms with Crippen LogP contribution in [0.25, 0.3) is 0 Å². The average Bonchev–Trinajstić information content (AvgIpc) is 2.85. The van der Waals surface area contributed by atoms with Crippen LogP contribution < -0.4 is 20.4 Å². The zero-order chi connectivity index (χ0) is 23.9. The molecule has 0 radical (unpaired) electrons. The summed E-state index contributed by atoms with van der Waals surface area (Å²) in [6, 6.07) is 10.8. The summed E-state index contributed by atoms with van der Waals surface area (Å²) in [5.74, 6) is 1.22. The summed E-state index contributed by atoms with van der Waals surface area (Å²) in [4.78, 5) is 25.6. The van der Waals surface area contributed by atoms with Crippen LogP contribution in [-0.2, 0) is 4.74 Å². The molecule has 13 nitrogen and oxygen atoms in total. The van der Waals surface area contributed by atoms with Gasteiger partial charge in [0.1, 0.15) is 0 Å². The molecule has 34 heavy (non-hydrogen) atoms. The molecule has 1 aliphatic heterocycles. The van der Waals surface area contributed by atoms with Crippen molar-refractivity contribution < 1.29 is 19.5 Å². The van der Waals surface area contributed by atoms with E-state index in [4.69, 9.17) is 9.47 Å². The molecule has 0 saturated carbocycles. The first-order valence-corrected chi connectivity index (χ1v) is 10.3. The summed E-state index contributed by atoms with van der Waals surface area (Å²) in [6.45, 7) is 2.35. The maximum atomic E-state index is 10.9. The van der Waals surface area contributed by atoms with Gasteiger partial charge in [-0.15, -0.1) is 0 Å². The summed E-state index contributed by atoms with van der Waals surface area (Å²) in [7, 11) is 1.47. The molecule has 1 fully saturated rings. The Morgan fingerprint density at radius 3 is 2.56 bits per heavy atom. The van der Waals surface area contributed by atoms with Gasteiger partial charge in [-0.3, -0.25) is 10.1 Å². The van der Waals surface area contributed by atoms with Gasteiger partial charge in [-0.25, -0.2) is 5.43 Å². The number of aromatic nitrogens is 3. The van der Waals surface area contributed by atoms with Crippen molar-refractivity contribution in [2.24, 2.45) is 5.10 Å². The molecule has 3 N–H and O–H groups in total. The third-order valence-corrected chi connectivity index (χ3v) is 4.83. The molecule has 4 rings (SSSR count). The number of ether oxygens (including phenoxy) is 2.